The highest BCUT2D eigenvalue weighted by atomic mass is 16.3. The van der Waals surface area contributed by atoms with E-state index in [1.807, 2.05) is 0 Å². The van der Waals surface area contributed by atoms with Gasteiger partial charge in [-0.15, -0.1) is 0 Å². The molecule has 4 nitrogen and oxygen atoms in total. The lowest BCUT2D eigenvalue weighted by molar-refractivity contribution is 0.0910. The Morgan fingerprint density at radius 3 is 2.79 bits per heavy atom. The number of benzene rings is 1. The quantitative estimate of drug-likeness (QED) is 0.829. The van der Waals surface area contributed by atoms with E-state index in [9.17, 15) is 4.79 Å². The zero-order valence-electron chi connectivity index (χ0n) is 11.6. The predicted molar refractivity (Wildman–Crippen MR) is 77.0 cm³/mol. The van der Waals surface area contributed by atoms with E-state index in [1.54, 1.807) is 24.3 Å². The molecule has 0 aliphatic carbocycles. The van der Waals surface area contributed by atoms with E-state index in [0.717, 1.165) is 11.8 Å². The number of amides is 1. The van der Waals surface area contributed by atoms with E-state index in [4.69, 9.17) is 10.2 Å². The van der Waals surface area contributed by atoms with E-state index in [0.29, 0.717) is 23.6 Å². The Morgan fingerprint density at radius 2 is 2.11 bits per heavy atom. The maximum absolute atomic E-state index is 12.0. The van der Waals surface area contributed by atoms with Gasteiger partial charge in [0.2, 0.25) is 0 Å². The van der Waals surface area contributed by atoms with Gasteiger partial charge in [-0.25, -0.2) is 0 Å². The van der Waals surface area contributed by atoms with Crippen molar-refractivity contribution >= 4 is 22.6 Å². The van der Waals surface area contributed by atoms with Gasteiger partial charge in [0.1, 0.15) is 5.58 Å². The third-order valence-corrected chi connectivity index (χ3v) is 3.45. The molecule has 2 aromatic rings. The topological polar surface area (TPSA) is 68.3 Å². The summed E-state index contributed by atoms with van der Waals surface area (Å²) in [5, 5.41) is 3.75. The molecular weight excluding hydrogens is 240 g/mol. The summed E-state index contributed by atoms with van der Waals surface area (Å²) in [6.07, 6.45) is 1.00. The first kappa shape index (κ1) is 13.5. The second kappa shape index (κ2) is 4.96. The van der Waals surface area contributed by atoms with E-state index < -0.39 is 0 Å². The molecular formula is C15H20N2O2. The van der Waals surface area contributed by atoms with Crippen LogP contribution in [0.15, 0.2) is 28.7 Å². The molecule has 0 radical (unpaired) electrons. The minimum Gasteiger partial charge on any atom is -0.451 e. The number of fused-ring (bicyclic) bond motifs is 1. The van der Waals surface area contributed by atoms with Crippen molar-refractivity contribution in [1.29, 1.82) is 0 Å². The summed E-state index contributed by atoms with van der Waals surface area (Å²) in [4.78, 5) is 12.0. The van der Waals surface area contributed by atoms with Gasteiger partial charge in [-0.05, 0) is 36.1 Å². The molecule has 0 bridgehead atoms. The summed E-state index contributed by atoms with van der Waals surface area (Å²) in [6, 6.07) is 7.05. The normalized spacial score (nSPS) is 11.7. The van der Waals surface area contributed by atoms with Gasteiger partial charge < -0.3 is 15.5 Å². The molecule has 2 rings (SSSR count). The molecule has 19 heavy (non-hydrogen) atoms. The molecule has 1 aromatic carbocycles. The number of hydrogen-bond acceptors (Lipinski definition) is 3. The lowest BCUT2D eigenvalue weighted by atomic mass is 9.90. The van der Waals surface area contributed by atoms with Crippen LogP contribution in [-0.4, -0.2) is 12.5 Å². The molecule has 0 aliphatic heterocycles. The van der Waals surface area contributed by atoms with E-state index in [-0.39, 0.29) is 11.3 Å². The molecule has 102 valence electrons. The molecule has 0 unspecified atom stereocenters. The minimum atomic E-state index is -0.184. The van der Waals surface area contributed by atoms with E-state index in [1.165, 1.54) is 0 Å². The SMILES string of the molecule is CCC(C)(C)CNC(=O)c1cc2cc(N)ccc2o1. The van der Waals surface area contributed by atoms with Crippen LogP contribution in [0.25, 0.3) is 11.0 Å². The highest BCUT2D eigenvalue weighted by Gasteiger charge is 2.18. The average molecular weight is 260 g/mol. The number of nitrogens with one attached hydrogen (secondary N) is 1. The maximum Gasteiger partial charge on any atom is 0.287 e. The fourth-order valence-electron chi connectivity index (χ4n) is 1.71. The molecule has 0 atom stereocenters. The molecule has 1 heterocycles. The number of carbonyl (C=O) groups is 1. The van der Waals surface area contributed by atoms with Crippen LogP contribution in [0.2, 0.25) is 0 Å². The van der Waals surface area contributed by atoms with Crippen molar-refractivity contribution in [3.63, 3.8) is 0 Å². The molecule has 0 fully saturated rings. The van der Waals surface area contributed by atoms with Crippen LogP contribution >= 0.6 is 0 Å². The Morgan fingerprint density at radius 1 is 1.37 bits per heavy atom. The predicted octanol–water partition coefficient (Wildman–Crippen LogP) is 3.18. The fraction of sp³-hybridized carbons (Fsp3) is 0.400. The largest absolute Gasteiger partial charge is 0.451 e. The monoisotopic (exact) mass is 260 g/mol. The van der Waals surface area contributed by atoms with E-state index in [2.05, 4.69) is 26.1 Å². The number of nitrogen functional groups attached to an aromatic ring is 1. The van der Waals surface area contributed by atoms with Crippen LogP contribution in [-0.2, 0) is 0 Å². The Balaban J connectivity index is 2.13. The third-order valence-electron chi connectivity index (χ3n) is 3.45. The standard InChI is InChI=1S/C15H20N2O2/c1-4-15(2,3)9-17-14(18)13-8-10-7-11(16)5-6-12(10)19-13/h5-8H,4,9,16H2,1-3H3,(H,17,18). The number of carbonyl (C=O) groups excluding carboxylic acids is 1. The summed E-state index contributed by atoms with van der Waals surface area (Å²) in [7, 11) is 0. The van der Waals surface area contributed by atoms with Gasteiger partial charge in [0.25, 0.3) is 5.91 Å². The van der Waals surface area contributed by atoms with Crippen LogP contribution in [0.1, 0.15) is 37.7 Å². The highest BCUT2D eigenvalue weighted by Crippen LogP contribution is 2.22. The van der Waals surface area contributed by atoms with Crippen LogP contribution in [0.5, 0.6) is 0 Å². The fourth-order valence-corrected chi connectivity index (χ4v) is 1.71. The van der Waals surface area contributed by atoms with Crippen LogP contribution in [0, 0.1) is 5.41 Å². The molecule has 0 saturated carbocycles. The minimum absolute atomic E-state index is 0.0894. The van der Waals surface area contributed by atoms with Gasteiger partial charge in [-0.3, -0.25) is 4.79 Å². The van der Waals surface area contributed by atoms with Gasteiger partial charge in [-0.1, -0.05) is 20.8 Å². The molecule has 1 aromatic heterocycles. The van der Waals surface area contributed by atoms with Crippen molar-refractivity contribution in [2.45, 2.75) is 27.2 Å². The van der Waals surface area contributed by atoms with Crippen LogP contribution in [0.3, 0.4) is 0 Å². The first-order chi connectivity index (χ1) is 8.91. The van der Waals surface area contributed by atoms with Gasteiger partial charge >= 0.3 is 0 Å². The van der Waals surface area contributed by atoms with Crippen molar-refractivity contribution in [3.8, 4) is 0 Å². The zero-order chi connectivity index (χ0) is 14.0. The van der Waals surface area contributed by atoms with Crippen molar-refractivity contribution in [3.05, 3.63) is 30.0 Å². The number of hydrogen-bond donors (Lipinski definition) is 2. The number of nitrogens with two attached hydrogens (primary N) is 1. The second-order valence-corrected chi connectivity index (χ2v) is 5.61. The van der Waals surface area contributed by atoms with Crippen molar-refractivity contribution in [1.82, 2.24) is 5.32 Å². The Hall–Kier alpha value is -1.97. The number of furan rings is 1. The van der Waals surface area contributed by atoms with Gasteiger partial charge in [-0.2, -0.15) is 0 Å². The molecule has 1 amide bonds. The molecule has 0 aliphatic rings. The summed E-state index contributed by atoms with van der Waals surface area (Å²) in [6.45, 7) is 6.97. The first-order valence-electron chi connectivity index (χ1n) is 6.48. The summed E-state index contributed by atoms with van der Waals surface area (Å²) < 4.78 is 5.52. The third kappa shape index (κ3) is 3.08. The lowest BCUT2D eigenvalue weighted by Gasteiger charge is -2.22. The van der Waals surface area contributed by atoms with Gasteiger partial charge in [0.15, 0.2) is 5.76 Å². The molecule has 0 spiro atoms. The van der Waals surface area contributed by atoms with Crippen molar-refractivity contribution in [2.24, 2.45) is 5.41 Å². The second-order valence-electron chi connectivity index (χ2n) is 5.61. The van der Waals surface area contributed by atoms with Crippen molar-refractivity contribution in [2.75, 3.05) is 12.3 Å². The van der Waals surface area contributed by atoms with Gasteiger partial charge in [0.05, 0.1) is 0 Å². The average Bonchev–Trinajstić information content (AvgIpc) is 2.79. The molecule has 4 heteroatoms. The van der Waals surface area contributed by atoms with E-state index >= 15 is 0 Å². The smallest absolute Gasteiger partial charge is 0.287 e. The summed E-state index contributed by atoms with van der Waals surface area (Å²) >= 11 is 0. The highest BCUT2D eigenvalue weighted by molar-refractivity contribution is 5.96. The van der Waals surface area contributed by atoms with Crippen LogP contribution in [0.4, 0.5) is 5.69 Å². The first-order valence-corrected chi connectivity index (χ1v) is 6.48. The molecule has 3 N–H and O–H groups in total. The van der Waals surface area contributed by atoms with Crippen LogP contribution < -0.4 is 11.1 Å². The Bertz CT molecular complexity index is 599. The summed E-state index contributed by atoms with van der Waals surface area (Å²) in [5.74, 6) is 0.142. The maximum atomic E-state index is 12.0. The lowest BCUT2D eigenvalue weighted by Crippen LogP contribution is -2.33. The molecule has 0 saturated heterocycles. The zero-order valence-corrected chi connectivity index (χ0v) is 11.6. The van der Waals surface area contributed by atoms with Crippen molar-refractivity contribution < 1.29 is 9.21 Å². The van der Waals surface area contributed by atoms with Gasteiger partial charge in [0, 0.05) is 17.6 Å². The Labute approximate surface area is 113 Å². The number of rotatable bonds is 4. The number of anilines is 1. The Kier molecular flexibility index (Phi) is 3.51. The summed E-state index contributed by atoms with van der Waals surface area (Å²) in [5.41, 5.74) is 7.12.